The van der Waals surface area contributed by atoms with Crippen molar-refractivity contribution in [3.05, 3.63) is 93.7 Å². The lowest BCUT2D eigenvalue weighted by Crippen LogP contribution is -2.53. The minimum Gasteiger partial charge on any atom is -0.445 e. The first kappa shape index (κ1) is 33.3. The predicted molar refractivity (Wildman–Crippen MR) is 165 cm³/mol. The number of carbonyl (C=O) groups excluding carboxylic acids is 4. The van der Waals surface area contributed by atoms with Gasteiger partial charge in [0, 0.05) is 4.88 Å². The average molecular weight is 609 g/mol. The molecule has 3 rings (SSSR count). The van der Waals surface area contributed by atoms with Crippen LogP contribution in [0.25, 0.3) is 0 Å². The average Bonchev–Trinajstić information content (AvgIpc) is 3.48. The molecule has 0 aliphatic rings. The van der Waals surface area contributed by atoms with Gasteiger partial charge in [0.2, 0.25) is 0 Å². The summed E-state index contributed by atoms with van der Waals surface area (Å²) in [6.45, 7) is 7.98. The number of carbonyl (C=O) groups is 4. The number of hydrogen-bond acceptors (Lipinski definition) is 8. The van der Waals surface area contributed by atoms with Gasteiger partial charge in [0.25, 0.3) is 11.8 Å². The Balaban J connectivity index is 1.64. The fraction of sp³-hybridized carbons (Fsp3) is 0.375. The predicted octanol–water partition coefficient (Wildman–Crippen LogP) is 5.95. The van der Waals surface area contributed by atoms with E-state index >= 15 is 0 Å². The molecular weight excluding hydrogens is 568 g/mol. The molecule has 1 unspecified atom stereocenters. The Hall–Kier alpha value is -4.22. The summed E-state index contributed by atoms with van der Waals surface area (Å²) in [5.74, 6) is 4.79. The molecule has 2 aromatic carbocycles. The third-order valence-electron chi connectivity index (χ3n) is 6.36. The second-order valence-corrected chi connectivity index (χ2v) is 12.1. The number of hydrogen-bond donors (Lipinski definition) is 3. The van der Waals surface area contributed by atoms with Crippen LogP contribution >= 0.6 is 11.3 Å². The summed E-state index contributed by atoms with van der Waals surface area (Å²) in [5.41, 5.74) is 1.66. The first-order valence-electron chi connectivity index (χ1n) is 14.2. The summed E-state index contributed by atoms with van der Waals surface area (Å²) in [6.07, 6.45) is -0.510. The van der Waals surface area contributed by atoms with Crippen LogP contribution in [0.2, 0.25) is 0 Å². The fourth-order valence-corrected chi connectivity index (χ4v) is 5.28. The lowest BCUT2D eigenvalue weighted by Gasteiger charge is -2.23. The highest BCUT2D eigenvalue weighted by Gasteiger charge is 2.31. The quantitative estimate of drug-likeness (QED) is 0.124. The van der Waals surface area contributed by atoms with E-state index in [0.717, 1.165) is 27.3 Å². The van der Waals surface area contributed by atoms with E-state index in [0.29, 0.717) is 11.4 Å². The molecule has 0 fully saturated rings. The Morgan fingerprint density at radius 1 is 0.744 bits per heavy atom. The Labute approximate surface area is 256 Å². The number of benzene rings is 2. The number of hydrazine groups is 1. The van der Waals surface area contributed by atoms with E-state index in [4.69, 9.17) is 15.3 Å². The lowest BCUT2D eigenvalue weighted by atomic mass is 10.0. The first-order valence-corrected chi connectivity index (χ1v) is 15.0. The number of nitrogens with zero attached hydrogens (tertiary/aromatic N) is 1. The minimum atomic E-state index is -1.06. The molecule has 4 amide bonds. The second kappa shape index (κ2) is 16.4. The number of nitrogens with two attached hydrogens (primary N) is 1. The van der Waals surface area contributed by atoms with Crippen LogP contribution in [0.15, 0.2) is 72.8 Å². The molecule has 1 heterocycles. The summed E-state index contributed by atoms with van der Waals surface area (Å²) in [5, 5.41) is 5.97. The Bertz CT molecular complexity index is 1350. The molecule has 43 heavy (non-hydrogen) atoms. The number of ether oxygens (including phenoxy) is 2. The van der Waals surface area contributed by atoms with Crippen LogP contribution < -0.4 is 16.5 Å². The monoisotopic (exact) mass is 608 g/mol. The molecule has 3 aromatic rings. The van der Waals surface area contributed by atoms with Gasteiger partial charge < -0.3 is 20.1 Å². The third-order valence-corrected chi connectivity index (χ3v) is 7.55. The van der Waals surface area contributed by atoms with Gasteiger partial charge in [0.1, 0.15) is 19.3 Å². The van der Waals surface area contributed by atoms with Crippen molar-refractivity contribution in [2.75, 3.05) is 0 Å². The van der Waals surface area contributed by atoms with Gasteiger partial charge in [-0.05, 0) is 47.9 Å². The maximum absolute atomic E-state index is 13.3. The van der Waals surface area contributed by atoms with E-state index in [-0.39, 0.29) is 36.3 Å². The van der Waals surface area contributed by atoms with E-state index in [1.807, 2.05) is 88.4 Å². The topological polar surface area (TPSA) is 140 Å². The summed E-state index contributed by atoms with van der Waals surface area (Å²) in [6, 6.07) is 20.3. The maximum Gasteiger partial charge on any atom is 0.408 e. The van der Waals surface area contributed by atoms with Crippen LogP contribution in [0, 0.1) is 11.8 Å². The number of thiophene rings is 1. The van der Waals surface area contributed by atoms with Gasteiger partial charge in [-0.15, -0.1) is 11.3 Å². The van der Waals surface area contributed by atoms with Crippen LogP contribution in [0.4, 0.5) is 9.59 Å². The van der Waals surface area contributed by atoms with Crippen molar-refractivity contribution in [3.63, 3.8) is 0 Å². The van der Waals surface area contributed by atoms with Gasteiger partial charge in [-0.2, -0.15) is 0 Å². The van der Waals surface area contributed by atoms with Gasteiger partial charge >= 0.3 is 12.2 Å². The van der Waals surface area contributed by atoms with Crippen LogP contribution in [0.5, 0.6) is 0 Å². The van der Waals surface area contributed by atoms with Crippen molar-refractivity contribution in [1.82, 2.24) is 15.6 Å². The summed E-state index contributed by atoms with van der Waals surface area (Å²) < 4.78 is 10.6. The molecule has 0 saturated heterocycles. The van der Waals surface area contributed by atoms with Gasteiger partial charge in [-0.25, -0.2) is 20.4 Å². The standard InChI is InChI=1S/C32H40N4O6S/c1-21(2)17-25(34-31(39)41-19-23-11-7-5-8-12-23)27-15-16-28(43-27)30(38)36(33)29(37)26(18-22(3)4)35-32(40)42-20-24-13-9-6-10-14-24/h5-16,21-22,25-26H,17-20,33H2,1-4H3,(H,34,39)(H,35,40)/t25?,26-/m0/s1. The minimum absolute atomic E-state index is 0.0183. The highest BCUT2D eigenvalue weighted by molar-refractivity contribution is 7.14. The zero-order valence-corrected chi connectivity index (χ0v) is 25.8. The van der Waals surface area contributed by atoms with Gasteiger partial charge in [-0.3, -0.25) is 9.59 Å². The van der Waals surface area contributed by atoms with E-state index in [2.05, 4.69) is 10.6 Å². The van der Waals surface area contributed by atoms with Crippen molar-refractivity contribution >= 4 is 35.3 Å². The molecule has 11 heteroatoms. The summed E-state index contributed by atoms with van der Waals surface area (Å²) in [7, 11) is 0. The van der Waals surface area contributed by atoms with Gasteiger partial charge in [0.05, 0.1) is 10.9 Å². The molecule has 10 nitrogen and oxygen atoms in total. The summed E-state index contributed by atoms with van der Waals surface area (Å²) >= 11 is 1.13. The molecule has 0 aliphatic carbocycles. The van der Waals surface area contributed by atoms with Gasteiger partial charge in [0.15, 0.2) is 0 Å². The number of nitrogens with one attached hydrogen (secondary N) is 2. The molecule has 2 atom stereocenters. The lowest BCUT2D eigenvalue weighted by molar-refractivity contribution is -0.131. The van der Waals surface area contributed by atoms with Crippen LogP contribution in [-0.2, 0) is 27.5 Å². The van der Waals surface area contributed by atoms with Crippen LogP contribution in [-0.4, -0.2) is 35.1 Å². The largest absolute Gasteiger partial charge is 0.445 e. The molecule has 230 valence electrons. The molecule has 4 N–H and O–H groups in total. The van der Waals surface area contributed by atoms with E-state index in [1.54, 1.807) is 12.1 Å². The van der Waals surface area contributed by atoms with E-state index in [9.17, 15) is 19.2 Å². The summed E-state index contributed by atoms with van der Waals surface area (Å²) in [4.78, 5) is 52.5. The number of alkyl carbamates (subject to hydrolysis) is 2. The SMILES string of the molecule is CC(C)CC(NC(=O)OCc1ccccc1)c1ccc(C(=O)N(N)C(=O)[C@H](CC(C)C)NC(=O)OCc2ccccc2)s1. The third kappa shape index (κ3) is 10.8. The molecule has 0 spiro atoms. The normalized spacial score (nSPS) is 12.3. The van der Waals surface area contributed by atoms with E-state index in [1.165, 1.54) is 0 Å². The van der Waals surface area contributed by atoms with Crippen molar-refractivity contribution in [2.24, 2.45) is 17.7 Å². The Morgan fingerprint density at radius 2 is 1.26 bits per heavy atom. The second-order valence-electron chi connectivity index (χ2n) is 11.0. The molecule has 0 radical (unpaired) electrons. The van der Waals surface area contributed by atoms with Crippen molar-refractivity contribution in [3.8, 4) is 0 Å². The first-order chi connectivity index (χ1) is 20.5. The molecule has 0 bridgehead atoms. The zero-order chi connectivity index (χ0) is 31.4. The Kier molecular flexibility index (Phi) is 12.7. The molecular formula is C32H40N4O6S. The molecule has 0 aliphatic heterocycles. The van der Waals surface area contributed by atoms with Crippen molar-refractivity contribution in [2.45, 2.75) is 65.8 Å². The van der Waals surface area contributed by atoms with Crippen molar-refractivity contribution in [1.29, 1.82) is 0 Å². The smallest absolute Gasteiger partial charge is 0.408 e. The van der Waals surface area contributed by atoms with Crippen molar-refractivity contribution < 1.29 is 28.7 Å². The Morgan fingerprint density at radius 3 is 1.77 bits per heavy atom. The number of amides is 4. The van der Waals surface area contributed by atoms with E-state index < -0.39 is 36.1 Å². The zero-order valence-electron chi connectivity index (χ0n) is 24.9. The van der Waals surface area contributed by atoms with Gasteiger partial charge in [-0.1, -0.05) is 88.4 Å². The molecule has 1 aromatic heterocycles. The highest BCUT2D eigenvalue weighted by atomic mass is 32.1. The maximum atomic E-state index is 13.3. The fourth-order valence-electron chi connectivity index (χ4n) is 4.27. The van der Waals surface area contributed by atoms with Crippen LogP contribution in [0.3, 0.4) is 0 Å². The highest BCUT2D eigenvalue weighted by Crippen LogP contribution is 2.29. The number of imide groups is 1. The molecule has 0 saturated carbocycles. The number of rotatable bonds is 13. The van der Waals surface area contributed by atoms with Crippen LogP contribution in [0.1, 0.15) is 72.3 Å².